The van der Waals surface area contributed by atoms with E-state index in [2.05, 4.69) is 28.2 Å². The predicted octanol–water partition coefficient (Wildman–Crippen LogP) is 4.06. The molecule has 0 radical (unpaired) electrons. The van der Waals surface area contributed by atoms with Gasteiger partial charge in [0.2, 0.25) is 0 Å². The van der Waals surface area contributed by atoms with Crippen molar-refractivity contribution >= 4 is 21.6 Å². The predicted molar refractivity (Wildman–Crippen MR) is 69.2 cm³/mol. The molecule has 17 heavy (non-hydrogen) atoms. The van der Waals surface area contributed by atoms with E-state index < -0.39 is 0 Å². The molecule has 0 aromatic heterocycles. The molecule has 2 atom stereocenters. The molecule has 1 N–H and O–H groups in total. The molecule has 1 aliphatic carbocycles. The highest BCUT2D eigenvalue weighted by Crippen LogP contribution is 2.31. The minimum absolute atomic E-state index is 0.246. The third-order valence-electron chi connectivity index (χ3n) is 3.26. The lowest BCUT2D eigenvalue weighted by atomic mass is 10.1. The van der Waals surface area contributed by atoms with E-state index in [-0.39, 0.29) is 10.3 Å². The molecule has 1 aliphatic rings. The Morgan fingerprint density at radius 1 is 1.47 bits per heavy atom. The number of nitriles is 1. The molecule has 1 saturated carbocycles. The summed E-state index contributed by atoms with van der Waals surface area (Å²) in [6.45, 7) is 2.22. The molecule has 4 heteroatoms. The van der Waals surface area contributed by atoms with Crippen LogP contribution in [0.3, 0.4) is 0 Å². The van der Waals surface area contributed by atoms with Gasteiger partial charge in [0.1, 0.15) is 6.07 Å². The van der Waals surface area contributed by atoms with Crippen LogP contribution in [0.2, 0.25) is 0 Å². The first-order valence-corrected chi connectivity index (χ1v) is 6.55. The second-order valence-corrected chi connectivity index (χ2v) is 5.45. The molecule has 0 bridgehead atoms. The van der Waals surface area contributed by atoms with E-state index in [9.17, 15) is 4.39 Å². The molecule has 1 fully saturated rings. The highest BCUT2D eigenvalue weighted by Gasteiger charge is 2.22. The zero-order valence-corrected chi connectivity index (χ0v) is 11.2. The van der Waals surface area contributed by atoms with Gasteiger partial charge in [-0.2, -0.15) is 5.26 Å². The molecule has 0 spiro atoms. The normalized spacial score (nSPS) is 23.4. The van der Waals surface area contributed by atoms with E-state index >= 15 is 0 Å². The maximum absolute atomic E-state index is 13.9. The van der Waals surface area contributed by atoms with Gasteiger partial charge in [-0.25, -0.2) is 4.39 Å². The number of hydrogen-bond donors (Lipinski definition) is 1. The molecule has 2 unspecified atom stereocenters. The zero-order valence-electron chi connectivity index (χ0n) is 9.63. The van der Waals surface area contributed by atoms with Crippen LogP contribution in [0.4, 0.5) is 10.1 Å². The Labute approximate surface area is 109 Å². The summed E-state index contributed by atoms with van der Waals surface area (Å²) in [6.07, 6.45) is 3.35. The molecule has 90 valence electrons. The average Bonchev–Trinajstić information content (AvgIpc) is 2.71. The molecule has 1 aromatic rings. The van der Waals surface area contributed by atoms with E-state index in [0.717, 1.165) is 12.8 Å². The largest absolute Gasteiger partial charge is 0.380 e. The number of benzene rings is 1. The van der Waals surface area contributed by atoms with Crippen LogP contribution in [0.1, 0.15) is 31.7 Å². The van der Waals surface area contributed by atoms with Crippen molar-refractivity contribution < 1.29 is 4.39 Å². The minimum Gasteiger partial charge on any atom is -0.380 e. The molecule has 0 amide bonds. The Balaban J connectivity index is 2.17. The highest BCUT2D eigenvalue weighted by molar-refractivity contribution is 9.10. The second-order valence-electron chi connectivity index (χ2n) is 4.66. The van der Waals surface area contributed by atoms with Crippen LogP contribution in [0, 0.1) is 23.1 Å². The number of nitrogens with zero attached hydrogens (tertiary/aromatic N) is 1. The van der Waals surface area contributed by atoms with Gasteiger partial charge >= 0.3 is 0 Å². The summed E-state index contributed by atoms with van der Waals surface area (Å²) in [5.41, 5.74) is 0.808. The molecule has 1 aromatic carbocycles. The van der Waals surface area contributed by atoms with E-state index in [4.69, 9.17) is 5.26 Å². The summed E-state index contributed by atoms with van der Waals surface area (Å²) in [5, 5.41) is 12.0. The molecular formula is C13H14BrFN2. The van der Waals surface area contributed by atoms with Gasteiger partial charge in [0, 0.05) is 6.04 Å². The number of anilines is 1. The first kappa shape index (κ1) is 12.4. The molecule has 2 nitrogen and oxygen atoms in total. The number of hydrogen-bond acceptors (Lipinski definition) is 2. The Morgan fingerprint density at radius 2 is 2.24 bits per heavy atom. The molecule has 0 aliphatic heterocycles. The summed E-state index contributed by atoms with van der Waals surface area (Å²) in [6, 6.07) is 5.57. The second kappa shape index (κ2) is 5.05. The minimum atomic E-state index is -0.372. The monoisotopic (exact) mass is 296 g/mol. The number of halogens is 2. The summed E-state index contributed by atoms with van der Waals surface area (Å²) >= 11 is 3.11. The highest BCUT2D eigenvalue weighted by atomic mass is 79.9. The molecule has 0 saturated heterocycles. The van der Waals surface area contributed by atoms with Crippen molar-refractivity contribution in [1.29, 1.82) is 5.26 Å². The fraction of sp³-hybridized carbons (Fsp3) is 0.462. The lowest BCUT2D eigenvalue weighted by molar-refractivity contribution is 0.596. The standard InChI is InChI=1S/C13H14BrFN2/c1-8-2-4-10(6-8)17-11-5-3-9(7-16)12(14)13(11)15/h3,5,8,10,17H,2,4,6H2,1H3. The van der Waals surface area contributed by atoms with Crippen molar-refractivity contribution in [2.24, 2.45) is 5.92 Å². The Bertz CT molecular complexity index is 467. The smallest absolute Gasteiger partial charge is 0.161 e. The van der Waals surface area contributed by atoms with Gasteiger partial charge in [0.05, 0.1) is 15.7 Å². The Hall–Kier alpha value is -1.08. The molecule has 2 rings (SSSR count). The van der Waals surface area contributed by atoms with Crippen LogP contribution in [0.5, 0.6) is 0 Å². The van der Waals surface area contributed by atoms with Crippen LogP contribution in [-0.4, -0.2) is 6.04 Å². The van der Waals surface area contributed by atoms with Gasteiger partial charge in [-0.15, -0.1) is 0 Å². The topological polar surface area (TPSA) is 35.8 Å². The van der Waals surface area contributed by atoms with Crippen LogP contribution < -0.4 is 5.32 Å². The molecule has 0 heterocycles. The van der Waals surface area contributed by atoms with Crippen molar-refractivity contribution in [3.8, 4) is 6.07 Å². The van der Waals surface area contributed by atoms with Crippen LogP contribution in [0.15, 0.2) is 16.6 Å². The van der Waals surface area contributed by atoms with Gasteiger partial charge in [-0.1, -0.05) is 6.92 Å². The first-order valence-electron chi connectivity index (χ1n) is 5.76. The van der Waals surface area contributed by atoms with E-state index in [0.29, 0.717) is 23.2 Å². The zero-order chi connectivity index (χ0) is 12.4. The summed E-state index contributed by atoms with van der Waals surface area (Å²) in [5.74, 6) is 0.334. The maximum Gasteiger partial charge on any atom is 0.161 e. The summed E-state index contributed by atoms with van der Waals surface area (Å²) in [7, 11) is 0. The van der Waals surface area contributed by atoms with Crippen LogP contribution in [-0.2, 0) is 0 Å². The SMILES string of the molecule is CC1CCC(Nc2ccc(C#N)c(Br)c2F)C1. The lowest BCUT2D eigenvalue weighted by Crippen LogP contribution is -2.16. The molecular weight excluding hydrogens is 283 g/mol. The van der Waals surface area contributed by atoms with Gasteiger partial charge in [0.25, 0.3) is 0 Å². The van der Waals surface area contributed by atoms with E-state index in [1.54, 1.807) is 12.1 Å². The van der Waals surface area contributed by atoms with Crippen molar-refractivity contribution in [2.75, 3.05) is 5.32 Å². The fourth-order valence-electron chi connectivity index (χ4n) is 2.31. The summed E-state index contributed by atoms with van der Waals surface area (Å²) in [4.78, 5) is 0. The maximum atomic E-state index is 13.9. The number of rotatable bonds is 2. The third-order valence-corrected chi connectivity index (χ3v) is 4.03. The van der Waals surface area contributed by atoms with Gasteiger partial charge in [0.15, 0.2) is 5.82 Å². The third kappa shape index (κ3) is 2.61. The Kier molecular flexibility index (Phi) is 3.68. The van der Waals surface area contributed by atoms with E-state index in [1.165, 1.54) is 6.42 Å². The summed E-state index contributed by atoms with van der Waals surface area (Å²) < 4.78 is 14.2. The quantitative estimate of drug-likeness (QED) is 0.893. The number of nitrogens with one attached hydrogen (secondary N) is 1. The Morgan fingerprint density at radius 3 is 2.82 bits per heavy atom. The first-order chi connectivity index (χ1) is 8.11. The van der Waals surface area contributed by atoms with Crippen LogP contribution >= 0.6 is 15.9 Å². The fourth-order valence-corrected chi connectivity index (χ4v) is 2.74. The van der Waals surface area contributed by atoms with Crippen molar-refractivity contribution in [1.82, 2.24) is 0 Å². The van der Waals surface area contributed by atoms with Crippen molar-refractivity contribution in [3.05, 3.63) is 28.0 Å². The van der Waals surface area contributed by atoms with Gasteiger partial charge in [-0.05, 0) is 53.2 Å². The van der Waals surface area contributed by atoms with Crippen LogP contribution in [0.25, 0.3) is 0 Å². The average molecular weight is 297 g/mol. The van der Waals surface area contributed by atoms with Gasteiger partial charge in [-0.3, -0.25) is 0 Å². The lowest BCUT2D eigenvalue weighted by Gasteiger charge is -2.15. The van der Waals surface area contributed by atoms with Crippen molar-refractivity contribution in [3.63, 3.8) is 0 Å². The van der Waals surface area contributed by atoms with Gasteiger partial charge < -0.3 is 5.32 Å². The van der Waals surface area contributed by atoms with E-state index in [1.807, 2.05) is 6.07 Å². The van der Waals surface area contributed by atoms with Crippen molar-refractivity contribution in [2.45, 2.75) is 32.2 Å².